The number of methoxy groups -OCH3 is 1. The Labute approximate surface area is 195 Å². The van der Waals surface area contributed by atoms with E-state index in [4.69, 9.17) is 39.5 Å². The van der Waals surface area contributed by atoms with Crippen molar-refractivity contribution in [2.75, 3.05) is 17.1 Å². The third-order valence-corrected chi connectivity index (χ3v) is 6.66. The van der Waals surface area contributed by atoms with Crippen molar-refractivity contribution in [1.29, 1.82) is 0 Å². The van der Waals surface area contributed by atoms with E-state index in [1.165, 1.54) is 49.6 Å². The SMILES string of the molecule is COc1ccc(S(=O)(=O)Nc2ccc(C)c(Cl)c2)cc1NC(=O)c1ccc(Cl)cc1Cl. The molecule has 0 atom stereocenters. The highest BCUT2D eigenvalue weighted by atomic mass is 35.5. The lowest BCUT2D eigenvalue weighted by atomic mass is 10.2. The first-order valence-electron chi connectivity index (χ1n) is 8.84. The average molecular weight is 500 g/mol. The van der Waals surface area contributed by atoms with Crippen molar-refractivity contribution in [3.8, 4) is 5.75 Å². The molecule has 3 rings (SSSR count). The summed E-state index contributed by atoms with van der Waals surface area (Å²) in [5.41, 5.74) is 1.46. The third-order valence-electron chi connectivity index (χ3n) is 4.33. The predicted molar refractivity (Wildman–Crippen MR) is 124 cm³/mol. The second-order valence-corrected chi connectivity index (χ2v) is 9.44. The molecule has 0 radical (unpaired) electrons. The Balaban J connectivity index is 1.92. The topological polar surface area (TPSA) is 84.5 Å². The number of rotatable bonds is 6. The fraction of sp³-hybridized carbons (Fsp3) is 0.0952. The van der Waals surface area contributed by atoms with Gasteiger partial charge in [0.05, 0.1) is 34.0 Å². The van der Waals surface area contributed by atoms with Crippen LogP contribution in [0.25, 0.3) is 0 Å². The molecular formula is C21H17Cl3N2O4S. The van der Waals surface area contributed by atoms with Crippen LogP contribution < -0.4 is 14.8 Å². The van der Waals surface area contributed by atoms with Gasteiger partial charge < -0.3 is 10.1 Å². The minimum Gasteiger partial charge on any atom is -0.495 e. The molecule has 0 aromatic heterocycles. The molecule has 0 spiro atoms. The van der Waals surface area contributed by atoms with E-state index in [9.17, 15) is 13.2 Å². The number of hydrogen-bond donors (Lipinski definition) is 2. The number of aryl methyl sites for hydroxylation is 1. The van der Waals surface area contributed by atoms with Crippen LogP contribution in [0, 0.1) is 6.92 Å². The minimum absolute atomic E-state index is 0.0810. The number of benzene rings is 3. The first-order valence-corrected chi connectivity index (χ1v) is 11.5. The summed E-state index contributed by atoms with van der Waals surface area (Å²) in [5.74, 6) is -0.274. The maximum atomic E-state index is 12.9. The van der Waals surface area contributed by atoms with Crippen molar-refractivity contribution in [3.63, 3.8) is 0 Å². The normalized spacial score (nSPS) is 11.1. The van der Waals surface area contributed by atoms with Crippen LogP contribution in [0.2, 0.25) is 15.1 Å². The Morgan fingerprint density at radius 1 is 0.935 bits per heavy atom. The summed E-state index contributed by atoms with van der Waals surface area (Å²) in [7, 11) is -2.56. The standard InChI is InChI=1S/C21H17Cl3N2O4S/c1-12-3-5-14(10-17(12)23)26-31(28,29)15-6-8-20(30-2)19(11-15)25-21(27)16-7-4-13(22)9-18(16)24/h3-11,26H,1-2H3,(H,25,27). The molecule has 3 aromatic carbocycles. The van der Waals surface area contributed by atoms with Crippen molar-refractivity contribution in [2.24, 2.45) is 0 Å². The van der Waals surface area contributed by atoms with Gasteiger partial charge in [0, 0.05) is 10.0 Å². The molecule has 0 aliphatic heterocycles. The van der Waals surface area contributed by atoms with Crippen LogP contribution in [0.3, 0.4) is 0 Å². The molecule has 0 saturated carbocycles. The number of amides is 1. The summed E-state index contributed by atoms with van der Waals surface area (Å²) in [5, 5.41) is 3.60. The van der Waals surface area contributed by atoms with E-state index in [-0.39, 0.29) is 26.9 Å². The lowest BCUT2D eigenvalue weighted by Crippen LogP contribution is -2.16. The van der Waals surface area contributed by atoms with Gasteiger partial charge in [-0.15, -0.1) is 0 Å². The van der Waals surface area contributed by atoms with Crippen molar-refractivity contribution in [3.05, 3.63) is 80.8 Å². The van der Waals surface area contributed by atoms with E-state index in [0.29, 0.717) is 15.7 Å². The second-order valence-electron chi connectivity index (χ2n) is 6.51. The van der Waals surface area contributed by atoms with Crippen LogP contribution in [0.5, 0.6) is 5.75 Å². The summed E-state index contributed by atoms with van der Waals surface area (Å²) in [6.45, 7) is 1.81. The van der Waals surface area contributed by atoms with Gasteiger partial charge in [0.1, 0.15) is 5.75 Å². The van der Waals surface area contributed by atoms with E-state index >= 15 is 0 Å². The van der Waals surface area contributed by atoms with Gasteiger partial charge in [0.25, 0.3) is 15.9 Å². The monoisotopic (exact) mass is 498 g/mol. The molecule has 0 unspecified atom stereocenters. The smallest absolute Gasteiger partial charge is 0.261 e. The van der Waals surface area contributed by atoms with Gasteiger partial charge in [-0.2, -0.15) is 0 Å². The Morgan fingerprint density at radius 2 is 1.68 bits per heavy atom. The van der Waals surface area contributed by atoms with E-state index in [2.05, 4.69) is 10.0 Å². The molecule has 0 aliphatic rings. The quantitative estimate of drug-likeness (QED) is 0.434. The highest BCUT2D eigenvalue weighted by Gasteiger charge is 2.19. The van der Waals surface area contributed by atoms with E-state index in [1.807, 2.05) is 6.92 Å². The van der Waals surface area contributed by atoms with Gasteiger partial charge in [-0.1, -0.05) is 40.9 Å². The largest absolute Gasteiger partial charge is 0.495 e. The average Bonchev–Trinajstić information content (AvgIpc) is 2.70. The van der Waals surface area contributed by atoms with Gasteiger partial charge >= 0.3 is 0 Å². The van der Waals surface area contributed by atoms with Crippen LogP contribution in [0.1, 0.15) is 15.9 Å². The molecule has 3 aromatic rings. The third kappa shape index (κ3) is 5.43. The fourth-order valence-electron chi connectivity index (χ4n) is 2.69. The lowest BCUT2D eigenvalue weighted by Gasteiger charge is -2.14. The predicted octanol–water partition coefficient (Wildman–Crippen LogP) is 6.02. The summed E-state index contributed by atoms with van der Waals surface area (Å²) >= 11 is 18.0. The zero-order valence-corrected chi connectivity index (χ0v) is 19.5. The Kier molecular flexibility index (Phi) is 7.01. The number of ether oxygens (including phenoxy) is 1. The number of carbonyl (C=O) groups is 1. The molecule has 0 saturated heterocycles. The van der Waals surface area contributed by atoms with Crippen LogP contribution in [0.15, 0.2) is 59.5 Å². The molecular weight excluding hydrogens is 483 g/mol. The molecule has 31 heavy (non-hydrogen) atoms. The number of nitrogens with one attached hydrogen (secondary N) is 2. The molecule has 6 nitrogen and oxygen atoms in total. The van der Waals surface area contributed by atoms with Gasteiger partial charge in [-0.05, 0) is 61.0 Å². The number of anilines is 2. The van der Waals surface area contributed by atoms with Gasteiger partial charge in [-0.25, -0.2) is 8.42 Å². The van der Waals surface area contributed by atoms with Gasteiger partial charge in [0.2, 0.25) is 0 Å². The van der Waals surface area contributed by atoms with Gasteiger partial charge in [0.15, 0.2) is 0 Å². The maximum Gasteiger partial charge on any atom is 0.261 e. The first kappa shape index (κ1) is 23.2. The van der Waals surface area contributed by atoms with Crippen molar-refractivity contribution in [2.45, 2.75) is 11.8 Å². The highest BCUT2D eigenvalue weighted by Crippen LogP contribution is 2.30. The summed E-state index contributed by atoms with van der Waals surface area (Å²) in [4.78, 5) is 12.6. The molecule has 0 fully saturated rings. The minimum atomic E-state index is -3.96. The van der Waals surface area contributed by atoms with Crippen LogP contribution >= 0.6 is 34.8 Å². The van der Waals surface area contributed by atoms with Crippen molar-refractivity contribution in [1.82, 2.24) is 0 Å². The van der Waals surface area contributed by atoms with E-state index in [0.717, 1.165) is 5.56 Å². The zero-order chi connectivity index (χ0) is 22.8. The molecule has 1 amide bonds. The van der Waals surface area contributed by atoms with Crippen LogP contribution in [-0.4, -0.2) is 21.4 Å². The number of sulfonamides is 1. The first-order chi connectivity index (χ1) is 14.6. The lowest BCUT2D eigenvalue weighted by molar-refractivity contribution is 0.102. The molecule has 2 N–H and O–H groups in total. The Morgan fingerprint density at radius 3 is 2.32 bits per heavy atom. The summed E-state index contributed by atoms with van der Waals surface area (Å²) in [6.07, 6.45) is 0. The second kappa shape index (κ2) is 9.36. The molecule has 0 heterocycles. The van der Waals surface area contributed by atoms with Crippen LogP contribution in [0.4, 0.5) is 11.4 Å². The Hall–Kier alpha value is -2.45. The molecule has 10 heteroatoms. The molecule has 0 aliphatic carbocycles. The maximum absolute atomic E-state index is 12.9. The van der Waals surface area contributed by atoms with Crippen LogP contribution in [-0.2, 0) is 10.0 Å². The highest BCUT2D eigenvalue weighted by molar-refractivity contribution is 7.92. The zero-order valence-electron chi connectivity index (χ0n) is 16.4. The van der Waals surface area contributed by atoms with Crippen molar-refractivity contribution < 1.29 is 17.9 Å². The molecule has 162 valence electrons. The number of halogens is 3. The van der Waals surface area contributed by atoms with Crippen molar-refractivity contribution >= 4 is 62.1 Å². The fourth-order valence-corrected chi connectivity index (χ4v) is 4.44. The summed E-state index contributed by atoms with van der Waals surface area (Å²) in [6, 6.07) is 13.3. The summed E-state index contributed by atoms with van der Waals surface area (Å²) < 4.78 is 33.4. The molecule has 0 bridgehead atoms. The number of carbonyl (C=O) groups excluding carboxylic acids is 1. The Bertz CT molecular complexity index is 1260. The van der Waals surface area contributed by atoms with E-state index < -0.39 is 15.9 Å². The van der Waals surface area contributed by atoms with Gasteiger partial charge in [-0.3, -0.25) is 9.52 Å². The van der Waals surface area contributed by atoms with E-state index in [1.54, 1.807) is 12.1 Å². The number of hydrogen-bond acceptors (Lipinski definition) is 4.